The Morgan fingerprint density at radius 2 is 1.93 bits per heavy atom. The smallest absolute Gasteiger partial charge is 0.281 e. The molecule has 0 radical (unpaired) electrons. The van der Waals surface area contributed by atoms with Gasteiger partial charge >= 0.3 is 0 Å². The first-order valence-electron chi connectivity index (χ1n) is 8.80. The Labute approximate surface area is 175 Å². The zero-order chi connectivity index (χ0) is 21.5. The van der Waals surface area contributed by atoms with E-state index < -0.39 is 21.2 Å². The van der Waals surface area contributed by atoms with E-state index in [-0.39, 0.29) is 15.7 Å². The second kappa shape index (κ2) is 7.47. The van der Waals surface area contributed by atoms with Crippen LogP contribution in [0.2, 0.25) is 0 Å². The first-order chi connectivity index (χ1) is 14.2. The highest BCUT2D eigenvalue weighted by Gasteiger charge is 2.17. The summed E-state index contributed by atoms with van der Waals surface area (Å²) in [4.78, 5) is 29.3. The number of sulfone groups is 1. The van der Waals surface area contributed by atoms with Crippen LogP contribution in [-0.4, -0.2) is 35.3 Å². The lowest BCUT2D eigenvalue weighted by atomic mass is 10.2. The van der Waals surface area contributed by atoms with E-state index in [0.717, 1.165) is 28.8 Å². The van der Waals surface area contributed by atoms with Gasteiger partial charge in [-0.2, -0.15) is 5.10 Å². The zero-order valence-electron chi connectivity index (χ0n) is 16.0. The molecule has 4 rings (SSSR count). The number of aromatic nitrogens is 3. The molecule has 1 N–H and O–H groups in total. The van der Waals surface area contributed by atoms with Crippen molar-refractivity contribution in [2.45, 2.75) is 11.8 Å². The van der Waals surface area contributed by atoms with Crippen LogP contribution in [-0.2, 0) is 9.84 Å². The van der Waals surface area contributed by atoms with E-state index in [1.165, 1.54) is 29.1 Å². The molecule has 0 saturated carbocycles. The van der Waals surface area contributed by atoms with E-state index in [0.29, 0.717) is 10.2 Å². The molecule has 0 aliphatic heterocycles. The predicted molar refractivity (Wildman–Crippen MR) is 115 cm³/mol. The lowest BCUT2D eigenvalue weighted by molar-refractivity contribution is 0.101. The van der Waals surface area contributed by atoms with Crippen LogP contribution in [0.5, 0.6) is 0 Å². The Hall–Kier alpha value is -3.37. The maximum Gasteiger partial charge on any atom is 0.281 e. The lowest BCUT2D eigenvalue weighted by Crippen LogP contribution is -2.25. The molecule has 2 aromatic heterocycles. The van der Waals surface area contributed by atoms with Crippen molar-refractivity contribution in [1.82, 2.24) is 14.8 Å². The van der Waals surface area contributed by atoms with Crippen LogP contribution >= 0.6 is 11.3 Å². The molecule has 0 unspecified atom stereocenters. The summed E-state index contributed by atoms with van der Waals surface area (Å²) >= 11 is 1.11. The molecule has 0 bridgehead atoms. The summed E-state index contributed by atoms with van der Waals surface area (Å²) in [6, 6.07) is 13.3. The average Bonchev–Trinajstić information content (AvgIpc) is 3.09. The monoisotopic (exact) mass is 440 g/mol. The third kappa shape index (κ3) is 4.00. The summed E-state index contributed by atoms with van der Waals surface area (Å²) in [5.74, 6) is -0.690. The molecule has 4 aromatic rings. The van der Waals surface area contributed by atoms with Gasteiger partial charge in [0.25, 0.3) is 5.91 Å². The molecule has 0 atom stereocenters. The van der Waals surface area contributed by atoms with Gasteiger partial charge in [-0.05, 0) is 42.8 Å². The maximum absolute atomic E-state index is 12.7. The standard InChI is InChI=1S/C20H16N4O4S2/c1-12-4-3-5-13(10-12)24-9-8-16(25)18(23-24)19(26)22-20-21-15-7-6-14(30(2,27)28)11-17(15)29-20/h3-11H,1-2H3,(H,21,22,26). The van der Waals surface area contributed by atoms with Gasteiger partial charge < -0.3 is 0 Å². The number of carbonyl (C=O) groups is 1. The lowest BCUT2D eigenvalue weighted by Gasteiger charge is -2.07. The van der Waals surface area contributed by atoms with Gasteiger partial charge in [-0.15, -0.1) is 0 Å². The van der Waals surface area contributed by atoms with Crippen LogP contribution in [0.1, 0.15) is 16.1 Å². The quantitative estimate of drug-likeness (QED) is 0.522. The van der Waals surface area contributed by atoms with Gasteiger partial charge in [0, 0.05) is 18.5 Å². The Morgan fingerprint density at radius 3 is 2.67 bits per heavy atom. The minimum atomic E-state index is -3.35. The second-order valence-electron chi connectivity index (χ2n) is 6.69. The number of thiazole rings is 1. The van der Waals surface area contributed by atoms with Crippen LogP contribution in [0, 0.1) is 6.92 Å². The largest absolute Gasteiger partial charge is 0.296 e. The van der Waals surface area contributed by atoms with Gasteiger partial charge in [0.15, 0.2) is 20.7 Å². The number of benzene rings is 2. The van der Waals surface area contributed by atoms with Crippen molar-refractivity contribution in [3.63, 3.8) is 0 Å². The molecule has 2 heterocycles. The normalized spacial score (nSPS) is 11.5. The highest BCUT2D eigenvalue weighted by atomic mass is 32.2. The molecule has 0 saturated heterocycles. The fourth-order valence-corrected chi connectivity index (χ4v) is 4.45. The molecular formula is C20H16N4O4S2. The van der Waals surface area contributed by atoms with Crippen molar-refractivity contribution in [3.05, 3.63) is 76.2 Å². The fourth-order valence-electron chi connectivity index (χ4n) is 2.82. The van der Waals surface area contributed by atoms with E-state index in [4.69, 9.17) is 0 Å². The summed E-state index contributed by atoms with van der Waals surface area (Å²) in [6.45, 7) is 1.93. The van der Waals surface area contributed by atoms with E-state index in [1.54, 1.807) is 6.07 Å². The molecule has 10 heteroatoms. The van der Waals surface area contributed by atoms with E-state index in [9.17, 15) is 18.0 Å². The highest BCUT2D eigenvalue weighted by Crippen LogP contribution is 2.28. The van der Waals surface area contributed by atoms with Gasteiger partial charge in [-0.3, -0.25) is 14.9 Å². The number of aryl methyl sites for hydroxylation is 1. The number of carbonyl (C=O) groups excluding carboxylic acids is 1. The molecule has 8 nitrogen and oxygen atoms in total. The summed E-state index contributed by atoms with van der Waals surface area (Å²) in [6.07, 6.45) is 2.62. The van der Waals surface area contributed by atoms with Crippen molar-refractivity contribution in [3.8, 4) is 5.69 Å². The van der Waals surface area contributed by atoms with E-state index in [2.05, 4.69) is 15.4 Å². The van der Waals surface area contributed by atoms with Crippen LogP contribution < -0.4 is 10.7 Å². The van der Waals surface area contributed by atoms with Gasteiger partial charge in [-0.25, -0.2) is 18.1 Å². The number of nitrogens with one attached hydrogen (secondary N) is 1. The van der Waals surface area contributed by atoms with Gasteiger partial charge in [0.2, 0.25) is 5.43 Å². The Kier molecular flexibility index (Phi) is 4.96. The van der Waals surface area contributed by atoms with Crippen LogP contribution in [0.3, 0.4) is 0 Å². The third-order valence-corrected chi connectivity index (χ3v) is 6.34. The van der Waals surface area contributed by atoms with Gasteiger partial charge in [-0.1, -0.05) is 23.5 Å². The van der Waals surface area contributed by atoms with Gasteiger partial charge in [0.1, 0.15) is 0 Å². The molecule has 1 amide bonds. The van der Waals surface area contributed by atoms with E-state index >= 15 is 0 Å². The first kappa shape index (κ1) is 19.9. The number of fused-ring (bicyclic) bond motifs is 1. The van der Waals surface area contributed by atoms with Crippen molar-refractivity contribution < 1.29 is 13.2 Å². The maximum atomic E-state index is 12.7. The summed E-state index contributed by atoms with van der Waals surface area (Å²) < 4.78 is 25.5. The molecule has 0 aliphatic carbocycles. The minimum Gasteiger partial charge on any atom is -0.296 e. The van der Waals surface area contributed by atoms with Crippen LogP contribution in [0.25, 0.3) is 15.9 Å². The highest BCUT2D eigenvalue weighted by molar-refractivity contribution is 7.90. The average molecular weight is 441 g/mol. The van der Waals surface area contributed by atoms with Crippen molar-refractivity contribution >= 4 is 42.4 Å². The minimum absolute atomic E-state index is 0.169. The zero-order valence-corrected chi connectivity index (χ0v) is 17.6. The predicted octanol–water partition coefficient (Wildman–Crippen LogP) is 2.81. The molecule has 0 fully saturated rings. The first-order valence-corrected chi connectivity index (χ1v) is 11.5. The van der Waals surface area contributed by atoms with Gasteiger partial charge in [0.05, 0.1) is 20.8 Å². The molecular weight excluding hydrogens is 424 g/mol. The number of hydrogen-bond donors (Lipinski definition) is 1. The van der Waals surface area contributed by atoms with E-state index in [1.807, 2.05) is 31.2 Å². The van der Waals surface area contributed by atoms with Crippen LogP contribution in [0.15, 0.2) is 64.4 Å². The molecule has 152 valence electrons. The van der Waals surface area contributed by atoms with Crippen molar-refractivity contribution in [1.29, 1.82) is 0 Å². The molecule has 2 aromatic carbocycles. The Bertz CT molecular complexity index is 1460. The SMILES string of the molecule is Cc1cccc(-n2ccc(=O)c(C(=O)Nc3nc4ccc(S(C)(=O)=O)cc4s3)n2)c1. The second-order valence-corrected chi connectivity index (χ2v) is 9.73. The molecule has 30 heavy (non-hydrogen) atoms. The molecule has 0 spiro atoms. The Morgan fingerprint density at radius 1 is 1.13 bits per heavy atom. The topological polar surface area (TPSA) is 111 Å². The number of amides is 1. The number of hydrogen-bond acceptors (Lipinski definition) is 7. The Balaban J connectivity index is 1.65. The molecule has 0 aliphatic rings. The van der Waals surface area contributed by atoms with Crippen molar-refractivity contribution in [2.24, 2.45) is 0 Å². The summed E-state index contributed by atoms with van der Waals surface area (Å²) in [5, 5.41) is 6.99. The van der Waals surface area contributed by atoms with Crippen molar-refractivity contribution in [2.75, 3.05) is 11.6 Å². The summed E-state index contributed by atoms with van der Waals surface area (Å²) in [7, 11) is -3.35. The summed E-state index contributed by atoms with van der Waals surface area (Å²) in [5.41, 5.74) is 1.49. The third-order valence-electron chi connectivity index (χ3n) is 4.30. The number of rotatable bonds is 4. The number of nitrogens with zero attached hydrogens (tertiary/aromatic N) is 3. The fraction of sp³-hybridized carbons (Fsp3) is 0.100. The van der Waals surface area contributed by atoms with Crippen LogP contribution in [0.4, 0.5) is 5.13 Å². The number of anilines is 1.